The number of hydrogen-bond donors (Lipinski definition) is 0. The molecule has 1 aliphatic heterocycles. The van der Waals surface area contributed by atoms with E-state index in [0.29, 0.717) is 30.6 Å². The molecule has 3 nitrogen and oxygen atoms in total. The molecule has 0 aromatic carbocycles. The van der Waals surface area contributed by atoms with Crippen LogP contribution in [0.2, 0.25) is 0 Å². The molecule has 0 radical (unpaired) electrons. The highest BCUT2D eigenvalue weighted by molar-refractivity contribution is 5.92. The van der Waals surface area contributed by atoms with Crippen LogP contribution in [0.4, 0.5) is 0 Å². The average Bonchev–Trinajstić information content (AvgIpc) is 3.18. The monoisotopic (exact) mass is 370 g/mol. The van der Waals surface area contributed by atoms with E-state index in [4.69, 9.17) is 4.74 Å². The average molecular weight is 371 g/mol. The summed E-state index contributed by atoms with van der Waals surface area (Å²) in [5.41, 5.74) is 1.32. The Hall–Kier alpha value is -1.38. The van der Waals surface area contributed by atoms with E-state index in [1.54, 1.807) is 0 Å². The maximum absolute atomic E-state index is 11.9. The summed E-state index contributed by atoms with van der Waals surface area (Å²) in [4.78, 5) is 23.8. The van der Waals surface area contributed by atoms with E-state index in [1.807, 2.05) is 19.9 Å². The number of ketones is 1. The zero-order valence-electron chi connectivity index (χ0n) is 17.3. The van der Waals surface area contributed by atoms with Gasteiger partial charge in [0.2, 0.25) is 0 Å². The smallest absolute Gasteiger partial charge is 0.306 e. The summed E-state index contributed by atoms with van der Waals surface area (Å²) in [6.45, 7) is 8.78. The summed E-state index contributed by atoms with van der Waals surface area (Å²) in [7, 11) is 0. The van der Waals surface area contributed by atoms with Crippen LogP contribution < -0.4 is 0 Å². The third-order valence-corrected chi connectivity index (χ3v) is 8.85. The maximum atomic E-state index is 11.9. The summed E-state index contributed by atoms with van der Waals surface area (Å²) in [6.07, 6.45) is 14.3. The van der Waals surface area contributed by atoms with Crippen molar-refractivity contribution in [2.75, 3.05) is 0 Å². The van der Waals surface area contributed by atoms with E-state index in [-0.39, 0.29) is 28.2 Å². The van der Waals surface area contributed by atoms with Crippen molar-refractivity contribution in [2.24, 2.45) is 28.6 Å². The van der Waals surface area contributed by atoms with Gasteiger partial charge in [-0.05, 0) is 73.3 Å². The molecular formula is C24H34O3. The summed E-state index contributed by atoms with van der Waals surface area (Å²) >= 11 is 0. The molecule has 0 aromatic rings. The standard InChI is InChI=1S/C22H28O3.C2H6/c1-20-9-5-15(23)13-14(20)3-4-16-17(20)6-10-21(2)18(16)7-11-22(21)12-8-19(24)25-22;1-2/h3-4,13,16-18H,5-12H2,1-2H3;1-2H3/t16?,17?,18?,20?,21?,22-;/m1./s1. The molecule has 6 atom stereocenters. The van der Waals surface area contributed by atoms with Gasteiger partial charge in [0.05, 0.1) is 0 Å². The normalized spacial score (nSPS) is 47.4. The maximum Gasteiger partial charge on any atom is 0.306 e. The van der Waals surface area contributed by atoms with Gasteiger partial charge in [0.15, 0.2) is 5.78 Å². The van der Waals surface area contributed by atoms with Crippen molar-refractivity contribution in [1.82, 2.24) is 0 Å². The van der Waals surface area contributed by atoms with Crippen molar-refractivity contribution in [3.63, 3.8) is 0 Å². The highest BCUT2D eigenvalue weighted by Crippen LogP contribution is 2.68. The Morgan fingerprint density at radius 2 is 1.70 bits per heavy atom. The first-order chi connectivity index (χ1) is 12.9. The fraction of sp³-hybridized carbons (Fsp3) is 0.750. The molecule has 1 spiro atoms. The molecule has 1 saturated heterocycles. The molecular weight excluding hydrogens is 336 g/mol. The van der Waals surface area contributed by atoms with Crippen molar-refractivity contribution in [3.05, 3.63) is 23.8 Å². The van der Waals surface area contributed by atoms with E-state index in [1.165, 1.54) is 18.4 Å². The molecule has 5 unspecified atom stereocenters. The zero-order chi connectivity index (χ0) is 19.4. The first kappa shape index (κ1) is 19.0. The molecule has 3 heteroatoms. The van der Waals surface area contributed by atoms with Crippen molar-refractivity contribution >= 4 is 11.8 Å². The van der Waals surface area contributed by atoms with Gasteiger partial charge < -0.3 is 4.74 Å². The molecule has 4 aliphatic carbocycles. The predicted octanol–water partition coefficient (Wildman–Crippen LogP) is 5.40. The molecule has 148 valence electrons. The van der Waals surface area contributed by atoms with Crippen LogP contribution in [0.3, 0.4) is 0 Å². The van der Waals surface area contributed by atoms with Crippen LogP contribution in [0.5, 0.6) is 0 Å². The molecule has 5 aliphatic rings. The second-order valence-corrected chi connectivity index (χ2v) is 9.60. The van der Waals surface area contributed by atoms with Crippen LogP contribution >= 0.6 is 0 Å². The van der Waals surface area contributed by atoms with Gasteiger partial charge in [0, 0.05) is 18.3 Å². The molecule has 0 bridgehead atoms. The lowest BCUT2D eigenvalue weighted by molar-refractivity contribution is -0.165. The quantitative estimate of drug-likeness (QED) is 0.537. The van der Waals surface area contributed by atoms with Gasteiger partial charge in [-0.2, -0.15) is 0 Å². The Labute approximate surface area is 163 Å². The van der Waals surface area contributed by atoms with Gasteiger partial charge in [-0.3, -0.25) is 9.59 Å². The molecule has 0 amide bonds. The second-order valence-electron chi connectivity index (χ2n) is 9.60. The second kappa shape index (κ2) is 6.32. The van der Waals surface area contributed by atoms with Gasteiger partial charge in [-0.15, -0.1) is 0 Å². The van der Waals surface area contributed by atoms with Crippen molar-refractivity contribution in [3.8, 4) is 0 Å². The topological polar surface area (TPSA) is 43.4 Å². The molecule has 5 rings (SSSR count). The molecule has 3 fully saturated rings. The van der Waals surface area contributed by atoms with E-state index in [9.17, 15) is 9.59 Å². The fourth-order valence-electron chi connectivity index (χ4n) is 7.29. The van der Waals surface area contributed by atoms with E-state index < -0.39 is 0 Å². The van der Waals surface area contributed by atoms with E-state index >= 15 is 0 Å². The largest absolute Gasteiger partial charge is 0.458 e. The van der Waals surface area contributed by atoms with Crippen molar-refractivity contribution in [2.45, 2.75) is 84.7 Å². The number of carbonyl (C=O) groups is 2. The third-order valence-electron chi connectivity index (χ3n) is 8.85. The minimum Gasteiger partial charge on any atom is -0.458 e. The van der Waals surface area contributed by atoms with Crippen LogP contribution in [-0.2, 0) is 14.3 Å². The third kappa shape index (κ3) is 2.46. The molecule has 0 aromatic heterocycles. The van der Waals surface area contributed by atoms with Crippen LogP contribution in [-0.4, -0.2) is 17.4 Å². The number of ether oxygens (including phenoxy) is 1. The van der Waals surface area contributed by atoms with Crippen molar-refractivity contribution in [1.29, 1.82) is 0 Å². The molecule has 2 saturated carbocycles. The van der Waals surface area contributed by atoms with Crippen LogP contribution in [0.25, 0.3) is 0 Å². The lowest BCUT2D eigenvalue weighted by atomic mass is 9.48. The number of esters is 1. The summed E-state index contributed by atoms with van der Waals surface area (Å²) < 4.78 is 5.99. The zero-order valence-corrected chi connectivity index (χ0v) is 17.3. The highest BCUT2D eigenvalue weighted by Gasteiger charge is 2.66. The fourth-order valence-corrected chi connectivity index (χ4v) is 7.29. The SMILES string of the molecule is CC.CC12CCC(=O)C=C1C=CC1C2CCC2(C)C1CC[C@@]21CCC(=O)O1. The Morgan fingerprint density at radius 3 is 2.41 bits per heavy atom. The Bertz CT molecular complexity index is 719. The number of carbonyl (C=O) groups excluding carboxylic acids is 2. The van der Waals surface area contributed by atoms with Gasteiger partial charge in [-0.1, -0.05) is 39.8 Å². The van der Waals surface area contributed by atoms with Gasteiger partial charge >= 0.3 is 5.97 Å². The minimum absolute atomic E-state index is 0.00570. The summed E-state index contributed by atoms with van der Waals surface area (Å²) in [6, 6.07) is 0. The highest BCUT2D eigenvalue weighted by atomic mass is 16.6. The number of rotatable bonds is 0. The Balaban J connectivity index is 0.000000872. The van der Waals surface area contributed by atoms with Crippen LogP contribution in [0.15, 0.2) is 23.8 Å². The van der Waals surface area contributed by atoms with E-state index in [0.717, 1.165) is 25.7 Å². The Kier molecular flexibility index (Phi) is 4.44. The summed E-state index contributed by atoms with van der Waals surface area (Å²) in [5.74, 6) is 2.08. The molecule has 0 N–H and O–H groups in total. The lowest BCUT2D eigenvalue weighted by Crippen LogP contribution is -2.53. The van der Waals surface area contributed by atoms with Gasteiger partial charge in [0.25, 0.3) is 0 Å². The first-order valence-electron chi connectivity index (χ1n) is 11.0. The van der Waals surface area contributed by atoms with Crippen LogP contribution in [0, 0.1) is 28.6 Å². The van der Waals surface area contributed by atoms with Gasteiger partial charge in [-0.25, -0.2) is 0 Å². The number of fused-ring (bicyclic) bond motifs is 6. The molecule has 27 heavy (non-hydrogen) atoms. The number of allylic oxidation sites excluding steroid dienone is 4. The molecule has 1 heterocycles. The first-order valence-corrected chi connectivity index (χ1v) is 11.0. The lowest BCUT2D eigenvalue weighted by Gasteiger charge is -2.57. The summed E-state index contributed by atoms with van der Waals surface area (Å²) in [5, 5.41) is 0. The number of hydrogen-bond acceptors (Lipinski definition) is 3. The minimum atomic E-state index is -0.201. The van der Waals surface area contributed by atoms with E-state index in [2.05, 4.69) is 26.0 Å². The van der Waals surface area contributed by atoms with Gasteiger partial charge in [0.1, 0.15) is 5.60 Å². The Morgan fingerprint density at radius 1 is 0.963 bits per heavy atom. The predicted molar refractivity (Wildman–Crippen MR) is 106 cm³/mol. The van der Waals surface area contributed by atoms with Crippen LogP contribution in [0.1, 0.15) is 79.1 Å². The van der Waals surface area contributed by atoms with Crippen molar-refractivity contribution < 1.29 is 14.3 Å².